The summed E-state index contributed by atoms with van der Waals surface area (Å²) in [6.07, 6.45) is 1.54. The Bertz CT molecular complexity index is 568. The molecule has 6 heteroatoms. The van der Waals surface area contributed by atoms with Crippen LogP contribution in [0.25, 0.3) is 0 Å². The van der Waals surface area contributed by atoms with Crippen LogP contribution in [0, 0.1) is 0 Å². The van der Waals surface area contributed by atoms with Gasteiger partial charge in [0, 0.05) is 25.1 Å². The maximum Gasteiger partial charge on any atom is 0.220 e. The third-order valence-corrected chi connectivity index (χ3v) is 4.38. The van der Waals surface area contributed by atoms with Gasteiger partial charge in [-0.05, 0) is 17.7 Å². The molecule has 1 aliphatic heterocycles. The van der Waals surface area contributed by atoms with Gasteiger partial charge in [-0.1, -0.05) is 17.7 Å². The lowest BCUT2D eigenvalue weighted by Gasteiger charge is -2.10. The topological polar surface area (TPSA) is 63.2 Å². The van der Waals surface area contributed by atoms with Crippen molar-refractivity contribution in [2.24, 2.45) is 0 Å². The molecule has 4 nitrogen and oxygen atoms in total. The molecule has 1 amide bonds. The number of nitrogens with one attached hydrogen (secondary N) is 1. The van der Waals surface area contributed by atoms with E-state index < -0.39 is 9.84 Å². The number of amides is 1. The molecule has 0 aliphatic carbocycles. The van der Waals surface area contributed by atoms with Crippen LogP contribution >= 0.6 is 11.6 Å². The Labute approximate surface area is 105 Å². The first-order valence-corrected chi connectivity index (χ1v) is 7.41. The highest BCUT2D eigenvalue weighted by Crippen LogP contribution is 2.29. The average molecular weight is 274 g/mol. The van der Waals surface area contributed by atoms with Crippen molar-refractivity contribution in [1.29, 1.82) is 0 Å². The van der Waals surface area contributed by atoms with Crippen molar-refractivity contribution < 1.29 is 13.2 Å². The number of hydrogen-bond donors (Lipinski definition) is 1. The number of benzene rings is 1. The zero-order chi connectivity index (χ0) is 12.6. The first-order valence-electron chi connectivity index (χ1n) is 5.14. The normalized spacial score (nSPS) is 20.4. The number of halogens is 1. The van der Waals surface area contributed by atoms with E-state index in [1.54, 1.807) is 12.1 Å². The van der Waals surface area contributed by atoms with Gasteiger partial charge in [0.2, 0.25) is 5.91 Å². The number of sulfone groups is 1. The van der Waals surface area contributed by atoms with E-state index in [1.165, 1.54) is 6.07 Å². The van der Waals surface area contributed by atoms with Crippen molar-refractivity contribution in [2.45, 2.75) is 17.2 Å². The van der Waals surface area contributed by atoms with Gasteiger partial charge in [-0.3, -0.25) is 4.79 Å². The van der Waals surface area contributed by atoms with Gasteiger partial charge in [0.25, 0.3) is 0 Å². The average Bonchev–Trinajstić information content (AvgIpc) is 2.62. The van der Waals surface area contributed by atoms with Crippen LogP contribution in [0.15, 0.2) is 23.1 Å². The molecule has 0 saturated carbocycles. The zero-order valence-electron chi connectivity index (χ0n) is 9.23. The van der Waals surface area contributed by atoms with Gasteiger partial charge in [-0.2, -0.15) is 0 Å². The van der Waals surface area contributed by atoms with Crippen molar-refractivity contribution in [3.05, 3.63) is 28.8 Å². The Morgan fingerprint density at radius 3 is 2.59 bits per heavy atom. The van der Waals surface area contributed by atoms with Gasteiger partial charge in [0.15, 0.2) is 9.84 Å². The zero-order valence-corrected chi connectivity index (χ0v) is 10.8. The maximum absolute atomic E-state index is 11.4. The smallest absolute Gasteiger partial charge is 0.220 e. The fourth-order valence-corrected chi connectivity index (χ4v) is 3.25. The SMILES string of the molecule is CS(=O)(=O)c1ccc(C2CNC(=O)C2)cc1Cl. The molecule has 1 heterocycles. The fraction of sp³-hybridized carbons (Fsp3) is 0.364. The molecule has 1 saturated heterocycles. The lowest BCUT2D eigenvalue weighted by Crippen LogP contribution is -2.13. The van der Waals surface area contributed by atoms with Crippen LogP contribution in [0.2, 0.25) is 5.02 Å². The first-order chi connectivity index (χ1) is 7.88. The van der Waals surface area contributed by atoms with Crippen LogP contribution in [-0.4, -0.2) is 27.1 Å². The van der Waals surface area contributed by atoms with E-state index in [0.717, 1.165) is 11.8 Å². The molecule has 1 aromatic carbocycles. The molecular weight excluding hydrogens is 262 g/mol. The molecule has 17 heavy (non-hydrogen) atoms. The van der Waals surface area contributed by atoms with Gasteiger partial charge < -0.3 is 5.32 Å². The summed E-state index contributed by atoms with van der Waals surface area (Å²) in [6, 6.07) is 4.84. The minimum absolute atomic E-state index is 0.0123. The number of carbonyl (C=O) groups is 1. The summed E-state index contributed by atoms with van der Waals surface area (Å²) in [5, 5.41) is 2.94. The van der Waals surface area contributed by atoms with Gasteiger partial charge >= 0.3 is 0 Å². The van der Waals surface area contributed by atoms with Crippen LogP contribution in [0.1, 0.15) is 17.9 Å². The molecule has 0 spiro atoms. The third kappa shape index (κ3) is 2.61. The highest BCUT2D eigenvalue weighted by atomic mass is 35.5. The van der Waals surface area contributed by atoms with E-state index in [2.05, 4.69) is 5.32 Å². The van der Waals surface area contributed by atoms with E-state index in [-0.39, 0.29) is 21.7 Å². The van der Waals surface area contributed by atoms with Crippen LogP contribution < -0.4 is 5.32 Å². The fourth-order valence-electron chi connectivity index (χ4n) is 1.91. The van der Waals surface area contributed by atoms with Crippen molar-refractivity contribution in [2.75, 3.05) is 12.8 Å². The van der Waals surface area contributed by atoms with E-state index in [4.69, 9.17) is 11.6 Å². The third-order valence-electron chi connectivity index (χ3n) is 2.80. The summed E-state index contributed by atoms with van der Waals surface area (Å²) >= 11 is 5.94. The minimum atomic E-state index is -3.30. The molecule has 1 aliphatic rings. The Balaban J connectivity index is 2.35. The van der Waals surface area contributed by atoms with Crippen molar-refractivity contribution >= 4 is 27.3 Å². The lowest BCUT2D eigenvalue weighted by molar-refractivity contribution is -0.119. The molecule has 0 radical (unpaired) electrons. The monoisotopic (exact) mass is 273 g/mol. The Kier molecular flexibility index (Phi) is 3.14. The molecule has 92 valence electrons. The van der Waals surface area contributed by atoms with Gasteiger partial charge in [-0.25, -0.2) is 8.42 Å². The van der Waals surface area contributed by atoms with Crippen LogP contribution in [-0.2, 0) is 14.6 Å². The molecule has 1 N–H and O–H groups in total. The number of hydrogen-bond acceptors (Lipinski definition) is 3. The second-order valence-electron chi connectivity index (χ2n) is 4.17. The quantitative estimate of drug-likeness (QED) is 0.885. The molecule has 0 bridgehead atoms. The number of rotatable bonds is 2. The number of carbonyl (C=O) groups excluding carboxylic acids is 1. The highest BCUT2D eigenvalue weighted by molar-refractivity contribution is 7.90. The van der Waals surface area contributed by atoms with Crippen molar-refractivity contribution in [3.8, 4) is 0 Å². The molecule has 1 atom stereocenters. The molecule has 2 rings (SSSR count). The van der Waals surface area contributed by atoms with Crippen molar-refractivity contribution in [3.63, 3.8) is 0 Å². The van der Waals surface area contributed by atoms with Gasteiger partial charge in [-0.15, -0.1) is 0 Å². The summed E-state index contributed by atoms with van der Waals surface area (Å²) in [4.78, 5) is 11.2. The summed E-state index contributed by atoms with van der Waals surface area (Å²) in [5.41, 5.74) is 0.890. The van der Waals surface area contributed by atoms with Gasteiger partial charge in [0.05, 0.1) is 9.92 Å². The van der Waals surface area contributed by atoms with Crippen LogP contribution in [0.3, 0.4) is 0 Å². The standard InChI is InChI=1S/C11H12ClNO3S/c1-17(15,16)10-3-2-7(4-9(10)12)8-5-11(14)13-6-8/h2-4,8H,5-6H2,1H3,(H,13,14). The maximum atomic E-state index is 11.4. The van der Waals surface area contributed by atoms with E-state index >= 15 is 0 Å². The molecular formula is C11H12ClNO3S. The minimum Gasteiger partial charge on any atom is -0.355 e. The second-order valence-corrected chi connectivity index (χ2v) is 6.56. The summed E-state index contributed by atoms with van der Waals surface area (Å²) in [5.74, 6) is 0.0897. The molecule has 1 fully saturated rings. The predicted molar refractivity (Wildman–Crippen MR) is 64.9 cm³/mol. The van der Waals surface area contributed by atoms with Crippen LogP contribution in [0.4, 0.5) is 0 Å². The summed E-state index contributed by atoms with van der Waals surface area (Å²) < 4.78 is 22.8. The molecule has 1 aromatic rings. The summed E-state index contributed by atoms with van der Waals surface area (Å²) in [6.45, 7) is 0.577. The second kappa shape index (κ2) is 4.31. The largest absolute Gasteiger partial charge is 0.355 e. The Morgan fingerprint density at radius 2 is 2.12 bits per heavy atom. The predicted octanol–water partition coefficient (Wildman–Crippen LogP) is 1.35. The van der Waals surface area contributed by atoms with Crippen LogP contribution in [0.5, 0.6) is 0 Å². The Hall–Kier alpha value is -1.07. The molecule has 1 unspecified atom stereocenters. The van der Waals surface area contributed by atoms with E-state index in [1.807, 2.05) is 0 Å². The summed E-state index contributed by atoms with van der Waals surface area (Å²) in [7, 11) is -3.30. The van der Waals surface area contributed by atoms with Gasteiger partial charge in [0.1, 0.15) is 0 Å². The van der Waals surface area contributed by atoms with E-state index in [9.17, 15) is 13.2 Å². The first kappa shape index (κ1) is 12.4. The lowest BCUT2D eigenvalue weighted by atomic mass is 9.98. The Morgan fingerprint density at radius 1 is 1.41 bits per heavy atom. The molecule has 0 aromatic heterocycles. The van der Waals surface area contributed by atoms with E-state index in [0.29, 0.717) is 13.0 Å². The highest BCUT2D eigenvalue weighted by Gasteiger charge is 2.24. The van der Waals surface area contributed by atoms with Crippen molar-refractivity contribution in [1.82, 2.24) is 5.32 Å².